The highest BCUT2D eigenvalue weighted by Crippen LogP contribution is 2.24. The van der Waals surface area contributed by atoms with Gasteiger partial charge < -0.3 is 24.7 Å². The molecule has 1 aliphatic heterocycles. The predicted molar refractivity (Wildman–Crippen MR) is 120 cm³/mol. The number of likely N-dealkylation sites (tertiary alicyclic amines) is 1. The van der Waals surface area contributed by atoms with Gasteiger partial charge in [-0.05, 0) is 24.3 Å². The summed E-state index contributed by atoms with van der Waals surface area (Å²) >= 11 is 0. The Bertz CT molecular complexity index is 1020. The molecule has 1 fully saturated rings. The largest absolute Gasteiger partial charge is 0.488 e. The molecule has 0 bridgehead atoms. The summed E-state index contributed by atoms with van der Waals surface area (Å²) < 4.78 is 11.1. The molecule has 0 radical (unpaired) electrons. The molecule has 2 N–H and O–H groups in total. The number of aromatic amines is 1. The monoisotopic (exact) mass is 436 g/mol. The number of amides is 2. The lowest BCUT2D eigenvalue weighted by atomic mass is 10.1. The van der Waals surface area contributed by atoms with Crippen LogP contribution in [0.3, 0.4) is 0 Å². The minimum absolute atomic E-state index is 0.0866. The number of hydrogen-bond acceptors (Lipinski definition) is 5. The first-order valence-corrected chi connectivity index (χ1v) is 10.9. The Morgan fingerprint density at radius 2 is 1.94 bits per heavy atom. The lowest BCUT2D eigenvalue weighted by Gasteiger charge is -2.23. The minimum Gasteiger partial charge on any atom is -0.488 e. The Morgan fingerprint density at radius 1 is 1.16 bits per heavy atom. The Kier molecular flexibility index (Phi) is 7.01. The number of carbonyl (C=O) groups is 2. The van der Waals surface area contributed by atoms with Gasteiger partial charge in [0, 0.05) is 32.9 Å². The molecule has 0 aliphatic carbocycles. The van der Waals surface area contributed by atoms with Crippen LogP contribution in [0.1, 0.15) is 18.7 Å². The number of aryl methyl sites for hydroxylation is 1. The van der Waals surface area contributed by atoms with E-state index >= 15 is 0 Å². The molecule has 2 atom stereocenters. The number of methoxy groups -OCH3 is 1. The molecule has 3 aromatic rings. The molecule has 0 unspecified atom stereocenters. The molecule has 1 aliphatic rings. The summed E-state index contributed by atoms with van der Waals surface area (Å²) in [6, 6.07) is 16.7. The summed E-state index contributed by atoms with van der Waals surface area (Å²) in [4.78, 5) is 35.3. The van der Waals surface area contributed by atoms with Gasteiger partial charge in [0.1, 0.15) is 23.7 Å². The van der Waals surface area contributed by atoms with Crippen LogP contribution < -0.4 is 10.1 Å². The zero-order chi connectivity index (χ0) is 22.3. The first-order valence-electron chi connectivity index (χ1n) is 10.9. The second-order valence-corrected chi connectivity index (χ2v) is 7.83. The molecule has 0 saturated carbocycles. The lowest BCUT2D eigenvalue weighted by Crippen LogP contribution is -2.46. The lowest BCUT2D eigenvalue weighted by molar-refractivity contribution is -0.138. The smallest absolute Gasteiger partial charge is 0.243 e. The molecule has 4 rings (SSSR count). The van der Waals surface area contributed by atoms with E-state index in [0.717, 1.165) is 22.6 Å². The number of benzene rings is 2. The minimum atomic E-state index is -0.566. The van der Waals surface area contributed by atoms with E-state index < -0.39 is 6.04 Å². The van der Waals surface area contributed by atoms with Crippen molar-refractivity contribution >= 4 is 22.8 Å². The third kappa shape index (κ3) is 5.26. The zero-order valence-corrected chi connectivity index (χ0v) is 18.1. The highest BCUT2D eigenvalue weighted by Gasteiger charge is 2.40. The van der Waals surface area contributed by atoms with Gasteiger partial charge in [-0.2, -0.15) is 0 Å². The maximum atomic E-state index is 13.1. The van der Waals surface area contributed by atoms with Crippen LogP contribution in [0.25, 0.3) is 11.0 Å². The molecular weight excluding hydrogens is 408 g/mol. The third-order valence-electron chi connectivity index (χ3n) is 5.55. The molecule has 2 aromatic carbocycles. The first-order chi connectivity index (χ1) is 15.6. The van der Waals surface area contributed by atoms with Crippen molar-refractivity contribution in [1.29, 1.82) is 0 Å². The number of aromatic nitrogens is 2. The summed E-state index contributed by atoms with van der Waals surface area (Å²) in [6.45, 7) is 1.19. The number of nitrogens with zero attached hydrogens (tertiary/aromatic N) is 2. The fourth-order valence-electron chi connectivity index (χ4n) is 3.99. The fourth-order valence-corrected chi connectivity index (χ4v) is 3.99. The maximum absolute atomic E-state index is 13.1. The van der Waals surface area contributed by atoms with Gasteiger partial charge in [-0.3, -0.25) is 9.59 Å². The molecule has 8 nitrogen and oxygen atoms in total. The number of imidazole rings is 1. The van der Waals surface area contributed by atoms with E-state index in [2.05, 4.69) is 15.3 Å². The third-order valence-corrected chi connectivity index (χ3v) is 5.55. The molecule has 1 saturated heterocycles. The van der Waals surface area contributed by atoms with E-state index in [1.165, 1.54) is 0 Å². The van der Waals surface area contributed by atoms with E-state index in [1.807, 2.05) is 54.6 Å². The number of fused-ring (bicyclic) bond motifs is 1. The van der Waals surface area contributed by atoms with Gasteiger partial charge in [0.25, 0.3) is 0 Å². The van der Waals surface area contributed by atoms with E-state index in [-0.39, 0.29) is 24.3 Å². The molecule has 0 spiro atoms. The van der Waals surface area contributed by atoms with Gasteiger partial charge in [-0.25, -0.2) is 4.98 Å². The maximum Gasteiger partial charge on any atom is 0.243 e. The molecule has 168 valence electrons. The molecule has 2 heterocycles. The highest BCUT2D eigenvalue weighted by molar-refractivity contribution is 5.88. The van der Waals surface area contributed by atoms with Crippen molar-refractivity contribution in [2.24, 2.45) is 0 Å². The van der Waals surface area contributed by atoms with Crippen molar-refractivity contribution in [2.45, 2.75) is 31.4 Å². The van der Waals surface area contributed by atoms with E-state index in [1.54, 1.807) is 12.0 Å². The normalized spacial score (nSPS) is 18.1. The van der Waals surface area contributed by atoms with Gasteiger partial charge in [0.15, 0.2) is 0 Å². The van der Waals surface area contributed by atoms with E-state index in [4.69, 9.17) is 9.47 Å². The van der Waals surface area contributed by atoms with Crippen LogP contribution in [0.2, 0.25) is 0 Å². The van der Waals surface area contributed by atoms with Gasteiger partial charge in [0.2, 0.25) is 11.8 Å². The molecule has 8 heteroatoms. The quantitative estimate of drug-likeness (QED) is 0.502. The SMILES string of the molecule is COCCNC(=O)[C@@H]1C[C@H](Oc2ccccc2)CN1C(=O)CCc1nc2ccccc2[nH]1. The van der Waals surface area contributed by atoms with Crippen LogP contribution in [-0.2, 0) is 20.7 Å². The van der Waals surface area contributed by atoms with Crippen LogP contribution in [0.5, 0.6) is 5.75 Å². The highest BCUT2D eigenvalue weighted by atomic mass is 16.5. The summed E-state index contributed by atoms with van der Waals surface area (Å²) in [6.07, 6.45) is 0.946. The Labute approximate surface area is 186 Å². The standard InChI is InChI=1S/C24H28N4O4/c1-31-14-13-25-24(30)21-15-18(32-17-7-3-2-4-8-17)16-28(21)23(29)12-11-22-26-19-9-5-6-10-20(19)27-22/h2-10,18,21H,11-16H2,1H3,(H,25,30)(H,26,27)/t18-,21-/m0/s1. The van der Waals surface area contributed by atoms with Crippen LogP contribution in [0, 0.1) is 0 Å². The Morgan fingerprint density at radius 3 is 2.72 bits per heavy atom. The fraction of sp³-hybridized carbons (Fsp3) is 0.375. The van der Waals surface area contributed by atoms with Crippen LogP contribution in [-0.4, -0.2) is 65.6 Å². The summed E-state index contributed by atoms with van der Waals surface area (Å²) in [5.41, 5.74) is 1.82. The number of rotatable bonds is 9. The molecular formula is C24H28N4O4. The predicted octanol–water partition coefficient (Wildman–Crippen LogP) is 2.31. The molecule has 2 amide bonds. The number of ether oxygens (including phenoxy) is 2. The van der Waals surface area contributed by atoms with Crippen molar-refractivity contribution < 1.29 is 19.1 Å². The van der Waals surface area contributed by atoms with E-state index in [9.17, 15) is 9.59 Å². The molecule has 32 heavy (non-hydrogen) atoms. The zero-order valence-electron chi connectivity index (χ0n) is 18.1. The number of nitrogens with one attached hydrogen (secondary N) is 2. The van der Waals surface area contributed by atoms with Crippen LogP contribution in [0.4, 0.5) is 0 Å². The van der Waals surface area contributed by atoms with Crippen molar-refractivity contribution in [1.82, 2.24) is 20.2 Å². The average Bonchev–Trinajstić information content (AvgIpc) is 3.42. The Balaban J connectivity index is 1.41. The summed E-state index contributed by atoms with van der Waals surface area (Å²) in [5, 5.41) is 2.85. The van der Waals surface area contributed by atoms with Gasteiger partial charge >= 0.3 is 0 Å². The van der Waals surface area contributed by atoms with E-state index in [0.29, 0.717) is 32.5 Å². The van der Waals surface area contributed by atoms with Crippen molar-refractivity contribution in [3.8, 4) is 5.75 Å². The average molecular weight is 437 g/mol. The first kappa shape index (κ1) is 21.8. The van der Waals surface area contributed by atoms with Gasteiger partial charge in [0.05, 0.1) is 24.2 Å². The van der Waals surface area contributed by atoms with Gasteiger partial charge in [-0.15, -0.1) is 0 Å². The molecule has 1 aromatic heterocycles. The van der Waals surface area contributed by atoms with Crippen molar-refractivity contribution in [3.05, 3.63) is 60.4 Å². The number of H-pyrrole nitrogens is 1. The van der Waals surface area contributed by atoms with Crippen molar-refractivity contribution in [2.75, 3.05) is 26.8 Å². The Hall–Kier alpha value is -3.39. The topological polar surface area (TPSA) is 96.6 Å². The number of carbonyl (C=O) groups excluding carboxylic acids is 2. The van der Waals surface area contributed by atoms with Crippen molar-refractivity contribution in [3.63, 3.8) is 0 Å². The van der Waals surface area contributed by atoms with Crippen LogP contribution >= 0.6 is 0 Å². The second kappa shape index (κ2) is 10.3. The summed E-state index contributed by atoms with van der Waals surface area (Å²) in [5.74, 6) is 1.22. The van der Waals surface area contributed by atoms with Crippen LogP contribution in [0.15, 0.2) is 54.6 Å². The van der Waals surface area contributed by atoms with Gasteiger partial charge in [-0.1, -0.05) is 30.3 Å². The summed E-state index contributed by atoms with van der Waals surface area (Å²) in [7, 11) is 1.58. The number of hydrogen-bond donors (Lipinski definition) is 2. The number of para-hydroxylation sites is 3. The second-order valence-electron chi connectivity index (χ2n) is 7.83.